The molecule has 18 heavy (non-hydrogen) atoms. The van der Waals surface area contributed by atoms with E-state index in [1.165, 1.54) is 24.5 Å². The Balaban J connectivity index is 1.84. The predicted octanol–water partition coefficient (Wildman–Crippen LogP) is 2.92. The van der Waals surface area contributed by atoms with E-state index in [9.17, 15) is 4.39 Å². The van der Waals surface area contributed by atoms with Gasteiger partial charge in [0.15, 0.2) is 0 Å². The number of nitrogens with one attached hydrogen (secondary N) is 1. The number of piperidine rings is 1. The Hall–Kier alpha value is -1.48. The summed E-state index contributed by atoms with van der Waals surface area (Å²) in [7, 11) is 0. The molecule has 1 aliphatic rings. The molecule has 1 N–H and O–H groups in total. The number of hydrogen-bond donors (Lipinski definition) is 1. The molecule has 3 heteroatoms. The third-order valence-corrected chi connectivity index (χ3v) is 3.64. The molecule has 0 spiro atoms. The number of fused-ring (bicyclic) bond motifs is 1. The van der Waals surface area contributed by atoms with E-state index in [2.05, 4.69) is 16.4 Å². The minimum atomic E-state index is -0.238. The summed E-state index contributed by atoms with van der Waals surface area (Å²) < 4.78 is 13.5. The Morgan fingerprint density at radius 3 is 3.17 bits per heavy atom. The van der Waals surface area contributed by atoms with Crippen molar-refractivity contribution in [1.82, 2.24) is 10.3 Å². The number of aromatic nitrogens is 1. The number of pyridine rings is 1. The van der Waals surface area contributed by atoms with E-state index >= 15 is 0 Å². The fourth-order valence-electron chi connectivity index (χ4n) is 2.71. The van der Waals surface area contributed by atoms with Crippen molar-refractivity contribution in [3.63, 3.8) is 0 Å². The molecule has 1 aromatic heterocycles. The SMILES string of the molecule is Fc1cccc2cc(CC3CCCNC3)cnc12. The molecule has 0 saturated carbocycles. The number of nitrogens with zero attached hydrogens (tertiary/aromatic N) is 1. The molecule has 1 aliphatic heterocycles. The lowest BCUT2D eigenvalue weighted by Gasteiger charge is -2.22. The predicted molar refractivity (Wildman–Crippen MR) is 71.0 cm³/mol. The van der Waals surface area contributed by atoms with Crippen LogP contribution in [0.15, 0.2) is 30.5 Å². The fraction of sp³-hybridized carbons (Fsp3) is 0.400. The Morgan fingerprint density at radius 1 is 1.39 bits per heavy atom. The largest absolute Gasteiger partial charge is 0.316 e. The van der Waals surface area contributed by atoms with Crippen molar-refractivity contribution in [2.75, 3.05) is 13.1 Å². The lowest BCUT2D eigenvalue weighted by Crippen LogP contribution is -2.30. The van der Waals surface area contributed by atoms with E-state index in [4.69, 9.17) is 0 Å². The van der Waals surface area contributed by atoms with E-state index in [0.29, 0.717) is 11.4 Å². The molecule has 1 aromatic carbocycles. The zero-order chi connectivity index (χ0) is 12.4. The summed E-state index contributed by atoms with van der Waals surface area (Å²) in [5, 5.41) is 4.32. The van der Waals surface area contributed by atoms with Crippen LogP contribution in [0.4, 0.5) is 4.39 Å². The lowest BCUT2D eigenvalue weighted by molar-refractivity contribution is 0.376. The van der Waals surface area contributed by atoms with Gasteiger partial charge in [0.1, 0.15) is 11.3 Å². The van der Waals surface area contributed by atoms with Crippen LogP contribution in [-0.2, 0) is 6.42 Å². The first-order valence-corrected chi connectivity index (χ1v) is 6.57. The van der Waals surface area contributed by atoms with Crippen LogP contribution in [0.2, 0.25) is 0 Å². The summed E-state index contributed by atoms with van der Waals surface area (Å²) in [6.07, 6.45) is 5.38. The molecular formula is C15H17FN2. The monoisotopic (exact) mass is 244 g/mol. The molecular weight excluding hydrogens is 227 g/mol. The maximum Gasteiger partial charge on any atom is 0.149 e. The highest BCUT2D eigenvalue weighted by Crippen LogP contribution is 2.20. The van der Waals surface area contributed by atoms with Crippen LogP contribution in [-0.4, -0.2) is 18.1 Å². The first kappa shape index (κ1) is 11.6. The molecule has 2 aromatic rings. The number of para-hydroxylation sites is 1. The minimum Gasteiger partial charge on any atom is -0.316 e. The number of halogens is 1. The van der Waals surface area contributed by atoms with E-state index in [1.807, 2.05) is 12.3 Å². The van der Waals surface area contributed by atoms with Crippen LogP contribution in [0.5, 0.6) is 0 Å². The van der Waals surface area contributed by atoms with Gasteiger partial charge < -0.3 is 5.32 Å². The topological polar surface area (TPSA) is 24.9 Å². The van der Waals surface area contributed by atoms with Gasteiger partial charge in [-0.1, -0.05) is 12.1 Å². The van der Waals surface area contributed by atoms with Crippen LogP contribution >= 0.6 is 0 Å². The van der Waals surface area contributed by atoms with Gasteiger partial charge in [-0.2, -0.15) is 0 Å². The van der Waals surface area contributed by atoms with Gasteiger partial charge in [-0.15, -0.1) is 0 Å². The van der Waals surface area contributed by atoms with E-state index in [1.54, 1.807) is 6.07 Å². The Bertz CT molecular complexity index is 547. The highest BCUT2D eigenvalue weighted by atomic mass is 19.1. The van der Waals surface area contributed by atoms with Gasteiger partial charge in [-0.05, 0) is 56.0 Å². The van der Waals surface area contributed by atoms with Crippen LogP contribution in [0.1, 0.15) is 18.4 Å². The molecule has 1 saturated heterocycles. The summed E-state index contributed by atoms with van der Waals surface area (Å²) >= 11 is 0. The molecule has 1 fully saturated rings. The van der Waals surface area contributed by atoms with Crippen molar-refractivity contribution in [3.8, 4) is 0 Å². The van der Waals surface area contributed by atoms with Crippen LogP contribution in [0.25, 0.3) is 10.9 Å². The Morgan fingerprint density at radius 2 is 2.33 bits per heavy atom. The number of hydrogen-bond acceptors (Lipinski definition) is 2. The van der Waals surface area contributed by atoms with E-state index in [-0.39, 0.29) is 5.82 Å². The molecule has 2 heterocycles. The lowest BCUT2D eigenvalue weighted by atomic mass is 9.92. The molecule has 0 bridgehead atoms. The zero-order valence-corrected chi connectivity index (χ0v) is 10.3. The van der Waals surface area contributed by atoms with Gasteiger partial charge >= 0.3 is 0 Å². The summed E-state index contributed by atoms with van der Waals surface area (Å²) in [4.78, 5) is 4.25. The van der Waals surface area contributed by atoms with Crippen LogP contribution in [0.3, 0.4) is 0 Å². The average molecular weight is 244 g/mol. The molecule has 1 atom stereocenters. The van der Waals surface area contributed by atoms with Crippen molar-refractivity contribution < 1.29 is 4.39 Å². The van der Waals surface area contributed by atoms with E-state index < -0.39 is 0 Å². The van der Waals surface area contributed by atoms with Crippen LogP contribution in [0, 0.1) is 11.7 Å². The van der Waals surface area contributed by atoms with Crippen LogP contribution < -0.4 is 5.32 Å². The maximum absolute atomic E-state index is 13.5. The third-order valence-electron chi connectivity index (χ3n) is 3.64. The van der Waals surface area contributed by atoms with Gasteiger partial charge in [-0.25, -0.2) is 4.39 Å². The fourth-order valence-corrected chi connectivity index (χ4v) is 2.71. The normalized spacial score (nSPS) is 20.2. The highest BCUT2D eigenvalue weighted by molar-refractivity contribution is 5.79. The van der Waals surface area contributed by atoms with Gasteiger partial charge in [-0.3, -0.25) is 4.98 Å². The standard InChI is InChI=1S/C15H17FN2/c16-14-5-1-4-13-8-12(10-18-15(13)14)7-11-3-2-6-17-9-11/h1,4-5,8,10-11,17H,2-3,6-7,9H2. The average Bonchev–Trinajstić information content (AvgIpc) is 2.40. The molecule has 1 unspecified atom stereocenters. The summed E-state index contributed by atoms with van der Waals surface area (Å²) in [6, 6.07) is 7.19. The van der Waals surface area contributed by atoms with Crippen molar-refractivity contribution in [1.29, 1.82) is 0 Å². The van der Waals surface area contributed by atoms with Crippen molar-refractivity contribution in [2.24, 2.45) is 5.92 Å². The summed E-state index contributed by atoms with van der Waals surface area (Å²) in [5.74, 6) is 0.449. The summed E-state index contributed by atoms with van der Waals surface area (Å²) in [5.41, 5.74) is 1.69. The van der Waals surface area contributed by atoms with E-state index in [0.717, 1.165) is 24.9 Å². The third kappa shape index (κ3) is 2.36. The van der Waals surface area contributed by atoms with Gasteiger partial charge in [0.05, 0.1) is 0 Å². The molecule has 0 amide bonds. The van der Waals surface area contributed by atoms with Crippen molar-refractivity contribution in [2.45, 2.75) is 19.3 Å². The second kappa shape index (κ2) is 5.02. The Kier molecular flexibility index (Phi) is 3.24. The molecule has 0 radical (unpaired) electrons. The van der Waals surface area contributed by atoms with Gasteiger partial charge in [0.25, 0.3) is 0 Å². The second-order valence-electron chi connectivity index (χ2n) is 5.07. The first-order valence-electron chi connectivity index (χ1n) is 6.57. The zero-order valence-electron chi connectivity index (χ0n) is 10.3. The van der Waals surface area contributed by atoms with Crippen molar-refractivity contribution >= 4 is 10.9 Å². The molecule has 3 rings (SSSR count). The maximum atomic E-state index is 13.5. The Labute approximate surface area is 106 Å². The van der Waals surface area contributed by atoms with Gasteiger partial charge in [0, 0.05) is 11.6 Å². The smallest absolute Gasteiger partial charge is 0.149 e. The van der Waals surface area contributed by atoms with Crippen molar-refractivity contribution in [3.05, 3.63) is 41.8 Å². The number of rotatable bonds is 2. The molecule has 2 nitrogen and oxygen atoms in total. The second-order valence-corrected chi connectivity index (χ2v) is 5.07. The number of benzene rings is 1. The highest BCUT2D eigenvalue weighted by Gasteiger charge is 2.14. The molecule has 94 valence electrons. The quantitative estimate of drug-likeness (QED) is 0.878. The van der Waals surface area contributed by atoms with Gasteiger partial charge in [0.2, 0.25) is 0 Å². The minimum absolute atomic E-state index is 0.238. The summed E-state index contributed by atoms with van der Waals surface area (Å²) in [6.45, 7) is 2.22. The molecule has 0 aliphatic carbocycles. The first-order chi connectivity index (χ1) is 8.83.